The Morgan fingerprint density at radius 3 is 2.11 bits per heavy atom. The number of nitrogens with zero attached hydrogens (tertiary/aromatic N) is 1. The maximum Gasteiger partial charge on any atom is 0.198 e. The third-order valence-corrected chi connectivity index (χ3v) is 16.4. The fraction of sp³-hybridized carbons (Fsp3) is 0.379. The first-order valence-electron chi connectivity index (χ1n) is 23.5. The van der Waals surface area contributed by atoms with Crippen LogP contribution in [-0.4, -0.2) is 13.3 Å². The molecule has 2 atom stereocenters. The molecule has 0 bridgehead atoms. The number of hydrogen-bond acceptors (Lipinski definition) is 2. The largest absolute Gasteiger partial charge is 0.380 e. The van der Waals surface area contributed by atoms with Crippen molar-refractivity contribution in [1.82, 2.24) is 5.32 Å². The zero-order valence-electron chi connectivity index (χ0n) is 38.4. The van der Waals surface area contributed by atoms with Crippen molar-refractivity contribution >= 4 is 46.4 Å². The number of nitrogens with one attached hydrogen (secondary N) is 1. The van der Waals surface area contributed by atoms with Crippen LogP contribution in [0.3, 0.4) is 0 Å². The van der Waals surface area contributed by atoms with Crippen LogP contribution in [0.25, 0.3) is 22.3 Å². The summed E-state index contributed by atoms with van der Waals surface area (Å²) in [6.45, 7) is 24.4. The Morgan fingerprint density at radius 2 is 1.38 bits per heavy atom. The van der Waals surface area contributed by atoms with E-state index < -0.39 is 0 Å². The Hall–Kier alpha value is -5.02. The van der Waals surface area contributed by atoms with Crippen molar-refractivity contribution in [3.05, 3.63) is 159 Å². The number of fused-ring (bicyclic) bond motifs is 11. The fourth-order valence-electron chi connectivity index (χ4n) is 12.9. The zero-order valence-corrected chi connectivity index (χ0v) is 38.4. The van der Waals surface area contributed by atoms with Gasteiger partial charge in [-0.05, 0) is 133 Å². The number of hydrogen-bond donors (Lipinski definition) is 1. The van der Waals surface area contributed by atoms with Crippen molar-refractivity contribution in [3.8, 4) is 11.1 Å². The molecule has 5 aromatic rings. The number of benzene rings is 5. The maximum atomic E-state index is 4.24. The Bertz CT molecular complexity index is 2800. The summed E-state index contributed by atoms with van der Waals surface area (Å²) in [7, 11) is 0.911. The van der Waals surface area contributed by atoms with Crippen LogP contribution in [0.1, 0.15) is 144 Å². The quantitative estimate of drug-likeness (QED) is 0.133. The molecule has 0 amide bonds. The molecular weight excluding hydrogens is 735 g/mol. The van der Waals surface area contributed by atoms with Gasteiger partial charge in [-0.2, -0.15) is 0 Å². The predicted octanol–water partition coefficient (Wildman–Crippen LogP) is 12.8. The third kappa shape index (κ3) is 5.47. The first-order valence-corrected chi connectivity index (χ1v) is 23.5. The van der Waals surface area contributed by atoms with Gasteiger partial charge in [-0.25, -0.2) is 0 Å². The Kier molecular flexibility index (Phi) is 8.44. The minimum absolute atomic E-state index is 0.0591. The van der Waals surface area contributed by atoms with Crippen LogP contribution in [0.5, 0.6) is 0 Å². The Balaban J connectivity index is 1.16. The molecule has 6 aliphatic rings. The molecule has 0 spiro atoms. The van der Waals surface area contributed by atoms with E-state index >= 15 is 0 Å². The van der Waals surface area contributed by atoms with Crippen LogP contribution in [0.2, 0.25) is 0 Å². The summed E-state index contributed by atoms with van der Waals surface area (Å²) in [5, 5.41) is 4.24. The molecule has 1 N–H and O–H groups in total. The predicted molar refractivity (Wildman–Crippen MR) is 262 cm³/mol. The van der Waals surface area contributed by atoms with Gasteiger partial charge in [0.2, 0.25) is 0 Å². The van der Waals surface area contributed by atoms with Gasteiger partial charge in [0, 0.05) is 39.5 Å². The lowest BCUT2D eigenvalue weighted by Gasteiger charge is -2.44. The lowest BCUT2D eigenvalue weighted by Crippen LogP contribution is -2.45. The van der Waals surface area contributed by atoms with Gasteiger partial charge in [-0.1, -0.05) is 172 Å². The van der Waals surface area contributed by atoms with E-state index in [2.05, 4.69) is 183 Å². The van der Waals surface area contributed by atoms with E-state index in [1.54, 1.807) is 0 Å². The average molecular weight is 799 g/mol. The molecule has 0 saturated carbocycles. The summed E-state index contributed by atoms with van der Waals surface area (Å²) in [6.07, 6.45) is 14.5. The first-order chi connectivity index (χ1) is 29.1. The molecule has 4 aliphatic carbocycles. The maximum absolute atomic E-state index is 4.24. The second-order valence-electron chi connectivity index (χ2n) is 21.8. The highest BCUT2D eigenvalue weighted by molar-refractivity contribution is 6.72. The summed E-state index contributed by atoms with van der Waals surface area (Å²) >= 11 is 0. The van der Waals surface area contributed by atoms with Gasteiger partial charge in [0.1, 0.15) is 0 Å². The molecular formula is C58H63BN2. The molecule has 0 aromatic heterocycles. The molecule has 2 nitrogen and oxygen atoms in total. The summed E-state index contributed by atoms with van der Waals surface area (Å²) in [4.78, 5) is 2.79. The third-order valence-electron chi connectivity index (χ3n) is 16.4. The van der Waals surface area contributed by atoms with Crippen molar-refractivity contribution in [2.24, 2.45) is 5.92 Å². The van der Waals surface area contributed by atoms with Gasteiger partial charge < -0.3 is 10.2 Å². The van der Waals surface area contributed by atoms with Crippen LogP contribution in [-0.2, 0) is 28.1 Å². The van der Waals surface area contributed by atoms with Crippen molar-refractivity contribution in [2.75, 3.05) is 4.90 Å². The highest BCUT2D eigenvalue weighted by atomic mass is 15.2. The monoisotopic (exact) mass is 799 g/mol. The smallest absolute Gasteiger partial charge is 0.198 e. The molecule has 3 heteroatoms. The molecule has 2 heterocycles. The molecule has 0 fully saturated rings. The van der Waals surface area contributed by atoms with Crippen LogP contribution in [0, 0.1) is 12.8 Å². The van der Waals surface area contributed by atoms with E-state index in [1.165, 1.54) is 138 Å². The molecule has 2 aliphatic heterocycles. The second-order valence-corrected chi connectivity index (χ2v) is 21.8. The van der Waals surface area contributed by atoms with Crippen molar-refractivity contribution < 1.29 is 0 Å². The van der Waals surface area contributed by atoms with E-state index in [1.807, 2.05) is 0 Å². The number of unbranched alkanes of at least 4 members (excludes halogenated alkanes) is 2. The molecule has 0 saturated heterocycles. The van der Waals surface area contributed by atoms with E-state index in [9.17, 15) is 0 Å². The van der Waals surface area contributed by atoms with Crippen LogP contribution in [0.15, 0.2) is 109 Å². The SMILES string of the molecule is CCCCCc1cc(C2=CC=CC3C4=C(NC23)C(C)(C)c2ccccc24)c2c(c1)N(c1cc3c(cc1C)C(C)(C)CCC3(C)C)c1c(ccc3c1C(C)(C)c1ccccc1-3)B2. The van der Waals surface area contributed by atoms with E-state index in [0.717, 1.165) is 13.7 Å². The van der Waals surface area contributed by atoms with Crippen molar-refractivity contribution in [1.29, 1.82) is 0 Å². The lowest BCUT2D eigenvalue weighted by molar-refractivity contribution is 0.332. The van der Waals surface area contributed by atoms with Crippen molar-refractivity contribution in [3.63, 3.8) is 0 Å². The first kappa shape index (κ1) is 38.9. The highest BCUT2D eigenvalue weighted by Crippen LogP contribution is 2.57. The molecule has 0 radical (unpaired) electrons. The molecule has 11 rings (SSSR count). The standard InChI is InChI=1S/C58H63BN2/c1-11-12-13-19-35-31-41(38-22-18-23-40-49-39-21-15-17-25-43(39)58(9,10)54(49)60-52(38)40)51-48(32-35)61(47-33-45-44(30-34(47)2)55(3,4)28-29-56(45,5)6)53-46(59-51)27-26-37-36-20-14-16-24-42(36)57(7,8)50(37)53/h14-18,20-27,30-33,40,52,59-60H,11-13,19,28-29H2,1-10H3. The normalized spacial score (nSPS) is 22.1. The Labute approximate surface area is 366 Å². The number of rotatable bonds is 6. The molecule has 5 aromatic carbocycles. The number of allylic oxidation sites excluding steroid dienone is 3. The number of aryl methyl sites for hydroxylation is 2. The summed E-state index contributed by atoms with van der Waals surface area (Å²) in [5.41, 5.74) is 27.3. The molecule has 2 unspecified atom stereocenters. The van der Waals surface area contributed by atoms with Crippen molar-refractivity contribution in [2.45, 2.75) is 135 Å². The van der Waals surface area contributed by atoms with Crippen LogP contribution < -0.4 is 21.1 Å². The van der Waals surface area contributed by atoms with Gasteiger partial charge >= 0.3 is 0 Å². The van der Waals surface area contributed by atoms with E-state index in [-0.39, 0.29) is 27.7 Å². The van der Waals surface area contributed by atoms with E-state index in [4.69, 9.17) is 0 Å². The van der Waals surface area contributed by atoms with Gasteiger partial charge in [-0.3, -0.25) is 0 Å². The minimum atomic E-state index is -0.148. The summed E-state index contributed by atoms with van der Waals surface area (Å²) in [6, 6.07) is 33.9. The van der Waals surface area contributed by atoms with Gasteiger partial charge in [-0.15, -0.1) is 0 Å². The van der Waals surface area contributed by atoms with Gasteiger partial charge in [0.05, 0.1) is 6.04 Å². The topological polar surface area (TPSA) is 15.3 Å². The van der Waals surface area contributed by atoms with E-state index in [0.29, 0.717) is 5.92 Å². The summed E-state index contributed by atoms with van der Waals surface area (Å²) in [5.74, 6) is 0.292. The number of anilines is 3. The summed E-state index contributed by atoms with van der Waals surface area (Å²) < 4.78 is 0. The Morgan fingerprint density at radius 1 is 0.689 bits per heavy atom. The van der Waals surface area contributed by atoms with Crippen LogP contribution >= 0.6 is 0 Å². The lowest BCUT2D eigenvalue weighted by atomic mass is 9.56. The molecule has 308 valence electrons. The zero-order chi connectivity index (χ0) is 42.4. The van der Waals surface area contributed by atoms with Gasteiger partial charge in [0.25, 0.3) is 0 Å². The second kappa shape index (κ2) is 13.2. The van der Waals surface area contributed by atoms with Gasteiger partial charge in [0.15, 0.2) is 7.28 Å². The molecule has 61 heavy (non-hydrogen) atoms. The highest BCUT2D eigenvalue weighted by Gasteiger charge is 2.49. The fourth-order valence-corrected chi connectivity index (χ4v) is 12.9. The average Bonchev–Trinajstić information content (AvgIpc) is 3.82. The van der Waals surface area contributed by atoms with Crippen LogP contribution in [0.4, 0.5) is 17.1 Å². The minimum Gasteiger partial charge on any atom is -0.380 e.